The summed E-state index contributed by atoms with van der Waals surface area (Å²) in [6.45, 7) is 5.39. The van der Waals surface area contributed by atoms with Crippen LogP contribution in [0.4, 0.5) is 0 Å². The Balaban J connectivity index is 2.44. The third kappa shape index (κ3) is 3.29. The molecule has 1 aromatic rings. The number of hydrogen-bond donors (Lipinski definition) is 0. The Morgan fingerprint density at radius 2 is 2.29 bits per heavy atom. The molecule has 1 atom stereocenters. The van der Waals surface area contributed by atoms with Crippen LogP contribution in [0.3, 0.4) is 0 Å². The van der Waals surface area contributed by atoms with Crippen molar-refractivity contribution in [3.8, 4) is 0 Å². The van der Waals surface area contributed by atoms with E-state index >= 15 is 0 Å². The van der Waals surface area contributed by atoms with Gasteiger partial charge in [0.05, 0.1) is 0 Å². The summed E-state index contributed by atoms with van der Waals surface area (Å²) in [6, 6.07) is 0. The molecule has 1 heterocycles. The van der Waals surface area contributed by atoms with E-state index in [1.807, 2.05) is 4.57 Å². The first-order chi connectivity index (χ1) is 6.77. The fraction of sp³-hybridized carbons (Fsp3) is 0.800. The Morgan fingerprint density at radius 3 is 2.79 bits per heavy atom. The lowest BCUT2D eigenvalue weighted by Crippen LogP contribution is -2.09. The number of hydrogen-bond acceptors (Lipinski definition) is 2. The monoisotopic (exact) mass is 215 g/mol. The van der Waals surface area contributed by atoms with Crippen molar-refractivity contribution in [1.82, 2.24) is 14.8 Å². The van der Waals surface area contributed by atoms with Crippen molar-refractivity contribution in [2.45, 2.75) is 46.1 Å². The third-order valence-electron chi connectivity index (χ3n) is 2.57. The molecule has 4 heteroatoms. The van der Waals surface area contributed by atoms with Gasteiger partial charge in [0.25, 0.3) is 0 Å². The summed E-state index contributed by atoms with van der Waals surface area (Å²) in [5.41, 5.74) is 0. The molecule has 0 saturated carbocycles. The molecule has 0 N–H and O–H groups in total. The first-order valence-electron chi connectivity index (χ1n) is 5.31. The highest BCUT2D eigenvalue weighted by molar-refractivity contribution is 6.28. The Kier molecular flexibility index (Phi) is 4.94. The van der Waals surface area contributed by atoms with Crippen molar-refractivity contribution in [3.05, 3.63) is 11.6 Å². The van der Waals surface area contributed by atoms with Gasteiger partial charge in [-0.25, -0.2) is 0 Å². The minimum absolute atomic E-state index is 0.500. The highest BCUT2D eigenvalue weighted by Gasteiger charge is 2.09. The van der Waals surface area contributed by atoms with Gasteiger partial charge in [-0.05, 0) is 23.9 Å². The molecule has 80 valence electrons. The smallest absolute Gasteiger partial charge is 0.224 e. The molecule has 0 aromatic carbocycles. The van der Waals surface area contributed by atoms with Gasteiger partial charge in [0.1, 0.15) is 6.33 Å². The van der Waals surface area contributed by atoms with Gasteiger partial charge in [0, 0.05) is 6.54 Å². The zero-order valence-electron chi connectivity index (χ0n) is 8.91. The van der Waals surface area contributed by atoms with Crippen LogP contribution in [0, 0.1) is 5.92 Å². The predicted molar refractivity (Wildman–Crippen MR) is 58.3 cm³/mol. The predicted octanol–water partition coefficient (Wildman–Crippen LogP) is 3.15. The lowest BCUT2D eigenvalue weighted by molar-refractivity contribution is 0.390. The lowest BCUT2D eigenvalue weighted by atomic mass is 9.99. The van der Waals surface area contributed by atoms with E-state index in [0.29, 0.717) is 11.2 Å². The first kappa shape index (κ1) is 11.5. The van der Waals surface area contributed by atoms with Gasteiger partial charge in [0.2, 0.25) is 5.28 Å². The molecule has 1 rings (SSSR count). The topological polar surface area (TPSA) is 30.7 Å². The second kappa shape index (κ2) is 6.02. The second-order valence-corrected chi connectivity index (χ2v) is 4.01. The number of nitrogens with zero attached hydrogens (tertiary/aromatic N) is 3. The number of unbranched alkanes of at least 4 members (excludes halogenated alkanes) is 1. The van der Waals surface area contributed by atoms with Crippen LogP contribution in [0.15, 0.2) is 6.33 Å². The SMILES string of the molecule is CCCCC(CC)Cn1cnnc1Cl. The maximum atomic E-state index is 5.86. The molecule has 0 aliphatic heterocycles. The summed E-state index contributed by atoms with van der Waals surface area (Å²) < 4.78 is 1.92. The Hall–Kier alpha value is -0.570. The number of rotatable bonds is 6. The molecule has 0 spiro atoms. The zero-order chi connectivity index (χ0) is 10.4. The number of halogens is 1. The second-order valence-electron chi connectivity index (χ2n) is 3.67. The van der Waals surface area contributed by atoms with Gasteiger partial charge in [0.15, 0.2) is 0 Å². The average molecular weight is 216 g/mol. The third-order valence-corrected chi connectivity index (χ3v) is 2.86. The summed E-state index contributed by atoms with van der Waals surface area (Å²) >= 11 is 5.86. The highest BCUT2D eigenvalue weighted by Crippen LogP contribution is 2.16. The summed E-state index contributed by atoms with van der Waals surface area (Å²) in [7, 11) is 0. The van der Waals surface area contributed by atoms with E-state index < -0.39 is 0 Å². The van der Waals surface area contributed by atoms with Crippen LogP contribution in [0.1, 0.15) is 39.5 Å². The van der Waals surface area contributed by atoms with Gasteiger partial charge < -0.3 is 4.57 Å². The van der Waals surface area contributed by atoms with E-state index in [-0.39, 0.29) is 0 Å². The van der Waals surface area contributed by atoms with Crippen LogP contribution in [0.2, 0.25) is 5.28 Å². The lowest BCUT2D eigenvalue weighted by Gasteiger charge is -2.14. The van der Waals surface area contributed by atoms with E-state index in [0.717, 1.165) is 6.54 Å². The molecule has 1 aromatic heterocycles. The van der Waals surface area contributed by atoms with Crippen molar-refractivity contribution in [3.63, 3.8) is 0 Å². The van der Waals surface area contributed by atoms with Crippen LogP contribution in [0.25, 0.3) is 0 Å². The van der Waals surface area contributed by atoms with Crippen LogP contribution < -0.4 is 0 Å². The summed E-state index contributed by atoms with van der Waals surface area (Å²) in [5.74, 6) is 0.698. The summed E-state index contributed by atoms with van der Waals surface area (Å²) in [6.07, 6.45) is 6.71. The quantitative estimate of drug-likeness (QED) is 0.730. The maximum absolute atomic E-state index is 5.86. The Morgan fingerprint density at radius 1 is 1.50 bits per heavy atom. The normalized spacial score (nSPS) is 13.1. The van der Waals surface area contributed by atoms with Crippen molar-refractivity contribution < 1.29 is 0 Å². The van der Waals surface area contributed by atoms with E-state index in [2.05, 4.69) is 24.0 Å². The molecule has 0 bridgehead atoms. The number of aromatic nitrogens is 3. The van der Waals surface area contributed by atoms with Gasteiger partial charge in [-0.2, -0.15) is 0 Å². The molecule has 0 radical (unpaired) electrons. The molecule has 0 saturated heterocycles. The van der Waals surface area contributed by atoms with Crippen LogP contribution >= 0.6 is 11.6 Å². The van der Waals surface area contributed by atoms with Gasteiger partial charge in [-0.1, -0.05) is 33.1 Å². The standard InChI is InChI=1S/C10H18ClN3/c1-3-5-6-9(4-2)7-14-8-12-13-10(14)11/h8-9H,3-7H2,1-2H3. The molecule has 3 nitrogen and oxygen atoms in total. The molecule has 0 aliphatic rings. The van der Waals surface area contributed by atoms with Crippen LogP contribution in [-0.4, -0.2) is 14.8 Å². The molecule has 0 amide bonds. The van der Waals surface area contributed by atoms with E-state index in [9.17, 15) is 0 Å². The highest BCUT2D eigenvalue weighted by atomic mass is 35.5. The Bertz CT molecular complexity index is 260. The maximum Gasteiger partial charge on any atom is 0.224 e. The van der Waals surface area contributed by atoms with E-state index in [4.69, 9.17) is 11.6 Å². The zero-order valence-corrected chi connectivity index (χ0v) is 9.67. The molecular formula is C10H18ClN3. The van der Waals surface area contributed by atoms with Gasteiger partial charge in [-0.15, -0.1) is 10.2 Å². The minimum atomic E-state index is 0.500. The van der Waals surface area contributed by atoms with Gasteiger partial charge >= 0.3 is 0 Å². The largest absolute Gasteiger partial charge is 0.304 e. The fourth-order valence-corrected chi connectivity index (χ4v) is 1.72. The van der Waals surface area contributed by atoms with E-state index in [1.165, 1.54) is 25.7 Å². The molecule has 0 aliphatic carbocycles. The summed E-state index contributed by atoms with van der Waals surface area (Å²) in [4.78, 5) is 0. The van der Waals surface area contributed by atoms with E-state index in [1.54, 1.807) is 6.33 Å². The first-order valence-corrected chi connectivity index (χ1v) is 5.69. The van der Waals surface area contributed by atoms with Crippen molar-refractivity contribution in [2.24, 2.45) is 5.92 Å². The van der Waals surface area contributed by atoms with Crippen LogP contribution in [0.5, 0.6) is 0 Å². The molecule has 14 heavy (non-hydrogen) atoms. The van der Waals surface area contributed by atoms with Gasteiger partial charge in [-0.3, -0.25) is 0 Å². The molecule has 1 unspecified atom stereocenters. The Labute approximate surface area is 90.5 Å². The average Bonchev–Trinajstić information content (AvgIpc) is 2.59. The van der Waals surface area contributed by atoms with Crippen LogP contribution in [-0.2, 0) is 6.54 Å². The van der Waals surface area contributed by atoms with Crippen molar-refractivity contribution in [1.29, 1.82) is 0 Å². The van der Waals surface area contributed by atoms with Crippen molar-refractivity contribution in [2.75, 3.05) is 0 Å². The summed E-state index contributed by atoms with van der Waals surface area (Å²) in [5, 5.41) is 8.03. The fourth-order valence-electron chi connectivity index (χ4n) is 1.56. The minimum Gasteiger partial charge on any atom is -0.304 e. The molecule has 0 fully saturated rings. The van der Waals surface area contributed by atoms with Crippen molar-refractivity contribution >= 4 is 11.6 Å². The molecular weight excluding hydrogens is 198 g/mol.